The number of nitrogens with one attached hydrogen (secondary N) is 5. The Kier molecular flexibility index (Phi) is 14.1. The number of amides is 5. The molecule has 0 aromatic heterocycles. The maximum atomic E-state index is 12.3. The van der Waals surface area contributed by atoms with E-state index in [0.717, 1.165) is 37.9 Å². The molecule has 0 radical (unpaired) electrons. The lowest BCUT2D eigenvalue weighted by molar-refractivity contribution is -0.386. The predicted molar refractivity (Wildman–Crippen MR) is 167 cm³/mol. The zero-order valence-electron chi connectivity index (χ0n) is 25.2. The van der Waals surface area contributed by atoms with Crippen LogP contribution in [-0.2, 0) is 20.9 Å². The molecule has 2 heterocycles. The second kappa shape index (κ2) is 18.0. The topological polar surface area (TPSA) is 181 Å². The van der Waals surface area contributed by atoms with Gasteiger partial charge in [0.2, 0.25) is 11.8 Å². The van der Waals surface area contributed by atoms with E-state index in [1.807, 2.05) is 11.8 Å². The van der Waals surface area contributed by atoms with Gasteiger partial charge >= 0.3 is 12.1 Å². The molecule has 240 valence electrons. The Morgan fingerprint density at radius 3 is 2.59 bits per heavy atom. The van der Waals surface area contributed by atoms with E-state index in [1.165, 1.54) is 6.07 Å². The first-order chi connectivity index (χ1) is 21.2. The Labute approximate surface area is 261 Å². The minimum atomic E-state index is -0.889. The number of nitro groups is 1. The van der Waals surface area contributed by atoms with Gasteiger partial charge in [-0.1, -0.05) is 24.8 Å². The molecule has 1 aromatic rings. The number of ether oxygens (including phenoxy) is 1. The smallest absolute Gasteiger partial charge is 0.408 e. The highest BCUT2D eigenvalue weighted by Gasteiger charge is 2.42. The van der Waals surface area contributed by atoms with E-state index in [9.17, 15) is 29.3 Å². The number of unbranched alkanes of at least 4 members (excludes halogenated alkanes) is 3. The van der Waals surface area contributed by atoms with Gasteiger partial charge in [-0.05, 0) is 51.2 Å². The number of nitro benzene ring substituents is 1. The summed E-state index contributed by atoms with van der Waals surface area (Å²) in [5.41, 5.74) is 0.686. The molecule has 2 saturated heterocycles. The van der Waals surface area contributed by atoms with Crippen molar-refractivity contribution in [1.29, 1.82) is 0 Å². The van der Waals surface area contributed by atoms with E-state index >= 15 is 0 Å². The summed E-state index contributed by atoms with van der Waals surface area (Å²) in [5.74, 6) is 6.13. The fourth-order valence-corrected chi connectivity index (χ4v) is 6.69. The average Bonchev–Trinajstić information content (AvgIpc) is 3.54. The van der Waals surface area contributed by atoms with E-state index in [-0.39, 0.29) is 54.3 Å². The molecule has 1 aromatic carbocycles. The Hall–Kier alpha value is -3.99. The second-order valence-corrected chi connectivity index (χ2v) is 12.1. The number of fused-ring (bicyclic) bond motifs is 1. The molecule has 0 bridgehead atoms. The molecule has 4 atom stereocenters. The van der Waals surface area contributed by atoms with Crippen molar-refractivity contribution in [2.45, 2.75) is 95.2 Å². The molecule has 2 aliphatic rings. The number of nitrogens with zero attached hydrogens (tertiary/aromatic N) is 1. The van der Waals surface area contributed by atoms with E-state index in [0.29, 0.717) is 36.6 Å². The molecule has 2 fully saturated rings. The van der Waals surface area contributed by atoms with Crippen LogP contribution in [0.3, 0.4) is 0 Å². The summed E-state index contributed by atoms with van der Waals surface area (Å²) >= 11 is 1.88. The van der Waals surface area contributed by atoms with Crippen LogP contribution < -0.4 is 26.6 Å². The third-order valence-electron chi connectivity index (χ3n) is 7.48. The fraction of sp³-hybridized carbons (Fsp3) is 0.600. The molecule has 0 spiro atoms. The average molecular weight is 631 g/mol. The van der Waals surface area contributed by atoms with E-state index in [2.05, 4.69) is 38.4 Å². The van der Waals surface area contributed by atoms with Crippen molar-refractivity contribution in [2.24, 2.45) is 0 Å². The standard InChI is InChI=1S/C30H42N6O7S/c1-3-4-15-32-30(40)43-20(2)22-17-21(13-14-24(22)36(41)42)18-33-27(38)11-6-5-9-16-31-26(37)12-8-7-10-25-28-23(19-44-25)34-29(39)35-28/h13-14,17,20,23,25,28H,5-12,15-16,18-19H2,1-2H3,(H,31,37)(H,32,40)(H,33,38)(H2,34,35,39). The van der Waals surface area contributed by atoms with Crippen LogP contribution in [0.1, 0.15) is 82.4 Å². The quantitative estimate of drug-likeness (QED) is 0.0571. The summed E-state index contributed by atoms with van der Waals surface area (Å²) in [5, 5.41) is 26.0. The third-order valence-corrected chi connectivity index (χ3v) is 8.99. The maximum Gasteiger partial charge on any atom is 0.408 e. The van der Waals surface area contributed by atoms with Crippen molar-refractivity contribution in [3.8, 4) is 11.8 Å². The minimum Gasteiger partial charge on any atom is -0.441 e. The molecular formula is C30H42N6O7S. The van der Waals surface area contributed by atoms with Crippen LogP contribution in [0.2, 0.25) is 0 Å². The van der Waals surface area contributed by atoms with Gasteiger partial charge in [-0.25, -0.2) is 9.59 Å². The van der Waals surface area contributed by atoms with Crippen molar-refractivity contribution in [1.82, 2.24) is 26.6 Å². The highest BCUT2D eigenvalue weighted by atomic mass is 32.2. The van der Waals surface area contributed by atoms with Crippen LogP contribution in [0.4, 0.5) is 15.3 Å². The number of alkyl carbamates (subject to hydrolysis) is 1. The minimum absolute atomic E-state index is 0.0316. The van der Waals surface area contributed by atoms with Crippen LogP contribution >= 0.6 is 11.8 Å². The highest BCUT2D eigenvalue weighted by molar-refractivity contribution is 8.00. The van der Waals surface area contributed by atoms with Crippen molar-refractivity contribution < 1.29 is 28.8 Å². The van der Waals surface area contributed by atoms with E-state index in [4.69, 9.17) is 4.74 Å². The highest BCUT2D eigenvalue weighted by Crippen LogP contribution is 2.33. The fourth-order valence-electron chi connectivity index (χ4n) is 5.14. The first-order valence-electron chi connectivity index (χ1n) is 15.0. The summed E-state index contributed by atoms with van der Waals surface area (Å²) in [6.45, 7) is 4.03. The van der Waals surface area contributed by atoms with Gasteiger partial charge in [0.05, 0.1) is 29.1 Å². The monoisotopic (exact) mass is 630 g/mol. The summed E-state index contributed by atoms with van der Waals surface area (Å²) in [6, 6.07) is 4.78. The molecule has 4 unspecified atom stereocenters. The lowest BCUT2D eigenvalue weighted by atomic mass is 10.0. The third kappa shape index (κ3) is 11.3. The van der Waals surface area contributed by atoms with E-state index < -0.39 is 17.1 Å². The zero-order valence-corrected chi connectivity index (χ0v) is 26.1. The Balaban J connectivity index is 1.26. The lowest BCUT2D eigenvalue weighted by Gasteiger charge is -2.16. The Morgan fingerprint density at radius 2 is 1.84 bits per heavy atom. The van der Waals surface area contributed by atoms with Gasteiger partial charge in [0, 0.05) is 43.0 Å². The van der Waals surface area contributed by atoms with Crippen molar-refractivity contribution in [2.75, 3.05) is 18.8 Å². The molecule has 5 amide bonds. The van der Waals surface area contributed by atoms with Crippen molar-refractivity contribution >= 4 is 41.4 Å². The number of hydrogen-bond acceptors (Lipinski definition) is 8. The molecule has 0 saturated carbocycles. The first-order valence-corrected chi connectivity index (χ1v) is 16.1. The number of thioether (sulfide) groups is 1. The van der Waals surface area contributed by atoms with Gasteiger partial charge in [0.1, 0.15) is 6.10 Å². The van der Waals surface area contributed by atoms with Crippen LogP contribution in [0, 0.1) is 22.0 Å². The second-order valence-electron chi connectivity index (χ2n) is 10.8. The summed E-state index contributed by atoms with van der Waals surface area (Å²) in [4.78, 5) is 58.9. The number of hydrogen-bond donors (Lipinski definition) is 5. The van der Waals surface area contributed by atoms with Gasteiger partial charge in [0.25, 0.3) is 5.69 Å². The van der Waals surface area contributed by atoms with Gasteiger partial charge < -0.3 is 31.3 Å². The molecule has 2 aliphatic heterocycles. The zero-order chi connectivity index (χ0) is 31.9. The normalized spacial score (nSPS) is 19.0. The van der Waals surface area contributed by atoms with Gasteiger partial charge in [-0.15, -0.1) is 5.92 Å². The molecule has 13 nitrogen and oxygen atoms in total. The SMILES string of the molecule is CC#CCNC(=O)OC(C)c1cc(CNC(=O)CCCCCNC(=O)CCCCC2SCC3NC(=O)NC32)ccc1[N+](=O)[O-]. The van der Waals surface area contributed by atoms with Crippen molar-refractivity contribution in [3.63, 3.8) is 0 Å². The largest absolute Gasteiger partial charge is 0.441 e. The number of rotatable bonds is 17. The number of benzene rings is 1. The maximum absolute atomic E-state index is 12.3. The number of carbonyl (C=O) groups excluding carboxylic acids is 4. The van der Waals surface area contributed by atoms with Crippen molar-refractivity contribution in [3.05, 3.63) is 39.4 Å². The predicted octanol–water partition coefficient (Wildman–Crippen LogP) is 3.42. The van der Waals surface area contributed by atoms with Crippen LogP contribution in [0.15, 0.2) is 18.2 Å². The Morgan fingerprint density at radius 1 is 1.09 bits per heavy atom. The molecule has 3 rings (SSSR count). The molecule has 44 heavy (non-hydrogen) atoms. The van der Waals surface area contributed by atoms with Crippen LogP contribution in [-0.4, -0.2) is 65.0 Å². The summed E-state index contributed by atoms with van der Waals surface area (Å²) in [7, 11) is 0. The molecule has 5 N–H and O–H groups in total. The van der Waals surface area contributed by atoms with E-state index in [1.54, 1.807) is 26.0 Å². The molecule has 14 heteroatoms. The number of urea groups is 1. The summed E-state index contributed by atoms with van der Waals surface area (Å²) in [6.07, 6.45) is 4.15. The molecule has 0 aliphatic carbocycles. The number of carbonyl (C=O) groups is 4. The first kappa shape index (κ1) is 34.5. The van der Waals surface area contributed by atoms with Crippen LogP contribution in [0.5, 0.6) is 0 Å². The summed E-state index contributed by atoms with van der Waals surface area (Å²) < 4.78 is 5.26. The van der Waals surface area contributed by atoms with Gasteiger partial charge in [0.15, 0.2) is 0 Å². The lowest BCUT2D eigenvalue weighted by Crippen LogP contribution is -2.36. The molecular weight excluding hydrogens is 588 g/mol. The van der Waals surface area contributed by atoms with Gasteiger partial charge in [-0.3, -0.25) is 19.7 Å². The Bertz CT molecular complexity index is 1250. The van der Waals surface area contributed by atoms with Gasteiger partial charge in [-0.2, -0.15) is 11.8 Å². The van der Waals surface area contributed by atoms with Crippen LogP contribution in [0.25, 0.3) is 0 Å².